The first kappa shape index (κ1) is 44.9. The zero-order valence-corrected chi connectivity index (χ0v) is 30.4. The SMILES string of the molecule is CCCCCCCCCCCC/C=C/[C@@H](O)[C@H](CO[C@@H]1O[C@H](CO)[C@H](O)[C@H](OS(=O)(=O)O)[C@H]1O)NC(=O)CCCCCCCCCCC. The van der Waals surface area contributed by atoms with Gasteiger partial charge in [0.15, 0.2) is 6.29 Å². The summed E-state index contributed by atoms with van der Waals surface area (Å²) in [6.07, 6.45) is 17.0. The van der Waals surface area contributed by atoms with Crippen molar-refractivity contribution in [1.82, 2.24) is 5.32 Å². The summed E-state index contributed by atoms with van der Waals surface area (Å²) < 4.78 is 47.2. The molecular weight excluding hydrogens is 642 g/mol. The van der Waals surface area contributed by atoms with Crippen molar-refractivity contribution < 1.29 is 51.8 Å². The average molecular weight is 710 g/mol. The van der Waals surface area contributed by atoms with Crippen molar-refractivity contribution in [2.75, 3.05) is 13.2 Å². The Labute approximate surface area is 290 Å². The Morgan fingerprint density at radius 3 is 1.81 bits per heavy atom. The molecule has 284 valence electrons. The highest BCUT2D eigenvalue weighted by molar-refractivity contribution is 7.80. The lowest BCUT2D eigenvalue weighted by atomic mass is 9.99. The molecule has 0 aliphatic carbocycles. The lowest BCUT2D eigenvalue weighted by Gasteiger charge is -2.41. The molecule has 1 fully saturated rings. The number of unbranched alkanes of at least 4 members (excludes halogenated alkanes) is 18. The molecular formula is C35H67NO11S. The zero-order valence-electron chi connectivity index (χ0n) is 29.6. The van der Waals surface area contributed by atoms with E-state index < -0.39 is 59.9 Å². The molecule has 0 aromatic heterocycles. The van der Waals surface area contributed by atoms with Crippen LogP contribution in [0.5, 0.6) is 0 Å². The van der Waals surface area contributed by atoms with Gasteiger partial charge in [-0.05, 0) is 19.3 Å². The molecule has 0 aromatic rings. The Morgan fingerprint density at radius 1 is 0.812 bits per heavy atom. The first-order chi connectivity index (χ1) is 23.0. The zero-order chi connectivity index (χ0) is 35.6. The summed E-state index contributed by atoms with van der Waals surface area (Å²) in [5, 5.41) is 44.3. The molecule has 0 saturated carbocycles. The van der Waals surface area contributed by atoms with E-state index in [1.54, 1.807) is 6.08 Å². The predicted molar refractivity (Wildman–Crippen MR) is 186 cm³/mol. The first-order valence-electron chi connectivity index (χ1n) is 18.6. The fourth-order valence-electron chi connectivity index (χ4n) is 5.86. The molecule has 48 heavy (non-hydrogen) atoms. The molecule has 0 aromatic carbocycles. The van der Waals surface area contributed by atoms with Crippen LogP contribution in [-0.2, 0) is 28.9 Å². The summed E-state index contributed by atoms with van der Waals surface area (Å²) in [4.78, 5) is 12.8. The van der Waals surface area contributed by atoms with Gasteiger partial charge < -0.3 is 35.2 Å². The van der Waals surface area contributed by atoms with E-state index in [1.807, 2.05) is 6.08 Å². The van der Waals surface area contributed by atoms with Gasteiger partial charge in [-0.15, -0.1) is 0 Å². The molecule has 1 aliphatic heterocycles. The smallest absolute Gasteiger partial charge is 0.394 e. The molecule has 6 N–H and O–H groups in total. The number of allylic oxidation sites excluding steroid dienone is 1. The van der Waals surface area contributed by atoms with Crippen LogP contribution in [0.25, 0.3) is 0 Å². The van der Waals surface area contributed by atoms with Gasteiger partial charge in [-0.25, -0.2) is 4.18 Å². The Kier molecular flexibility index (Phi) is 25.7. The number of rotatable bonds is 30. The Balaban J connectivity index is 2.68. The number of nitrogens with one attached hydrogen (secondary N) is 1. The van der Waals surface area contributed by atoms with Gasteiger partial charge in [0.05, 0.1) is 25.4 Å². The third-order valence-electron chi connectivity index (χ3n) is 8.82. The van der Waals surface area contributed by atoms with Crippen LogP contribution in [0.2, 0.25) is 0 Å². The highest BCUT2D eigenvalue weighted by Crippen LogP contribution is 2.26. The molecule has 0 spiro atoms. The summed E-state index contributed by atoms with van der Waals surface area (Å²) in [6.45, 7) is 3.31. The van der Waals surface area contributed by atoms with Crippen LogP contribution in [0.15, 0.2) is 12.2 Å². The van der Waals surface area contributed by atoms with Crippen molar-refractivity contribution in [2.24, 2.45) is 0 Å². The van der Waals surface area contributed by atoms with Crippen LogP contribution in [0, 0.1) is 0 Å². The van der Waals surface area contributed by atoms with Crippen LogP contribution in [0.3, 0.4) is 0 Å². The van der Waals surface area contributed by atoms with Crippen LogP contribution in [0.1, 0.15) is 149 Å². The van der Waals surface area contributed by atoms with Crippen molar-refractivity contribution in [3.05, 3.63) is 12.2 Å². The second-order valence-corrected chi connectivity index (χ2v) is 14.2. The molecule has 13 heteroatoms. The first-order valence-corrected chi connectivity index (χ1v) is 19.9. The number of ether oxygens (including phenoxy) is 2. The Bertz CT molecular complexity index is 935. The molecule has 1 heterocycles. The molecule has 1 aliphatic rings. The van der Waals surface area contributed by atoms with E-state index >= 15 is 0 Å². The van der Waals surface area contributed by atoms with Gasteiger partial charge in [-0.3, -0.25) is 9.35 Å². The Morgan fingerprint density at radius 2 is 1.31 bits per heavy atom. The molecule has 1 rings (SSSR count). The monoisotopic (exact) mass is 709 g/mol. The van der Waals surface area contributed by atoms with Gasteiger partial charge in [0.2, 0.25) is 5.91 Å². The summed E-state index contributed by atoms with van der Waals surface area (Å²) in [7, 11) is -5.07. The fraction of sp³-hybridized carbons (Fsp3) is 0.914. The van der Waals surface area contributed by atoms with Crippen LogP contribution < -0.4 is 5.32 Å². The number of carbonyl (C=O) groups is 1. The fourth-order valence-corrected chi connectivity index (χ4v) is 6.37. The minimum absolute atomic E-state index is 0.268. The van der Waals surface area contributed by atoms with Gasteiger partial charge in [0.1, 0.15) is 24.4 Å². The minimum Gasteiger partial charge on any atom is -0.394 e. The van der Waals surface area contributed by atoms with Gasteiger partial charge in [-0.1, -0.05) is 135 Å². The second-order valence-electron chi connectivity index (χ2n) is 13.2. The van der Waals surface area contributed by atoms with Crippen LogP contribution in [0.4, 0.5) is 0 Å². The van der Waals surface area contributed by atoms with Crippen molar-refractivity contribution in [1.29, 1.82) is 0 Å². The van der Waals surface area contributed by atoms with E-state index in [4.69, 9.17) is 14.0 Å². The maximum absolute atomic E-state index is 12.8. The number of amides is 1. The third-order valence-corrected chi connectivity index (χ3v) is 9.28. The van der Waals surface area contributed by atoms with Gasteiger partial charge in [-0.2, -0.15) is 8.42 Å². The third kappa shape index (κ3) is 21.1. The standard InChI is InChI=1S/C35H67NO11S/c1-3-5-7-9-11-13-14-15-17-18-20-22-24-29(38)28(36-31(39)25-23-21-19-16-12-10-8-6-4-2)27-45-35-33(41)34(47-48(42,43)44)32(40)30(26-37)46-35/h22,24,28-30,32-35,37-38,40-41H,3-21,23,25-27H2,1-2H3,(H,36,39)(H,42,43,44)/b24-22+/t28-,29+,30+,32-,33+,34-,35+/m0/s1. The molecule has 0 radical (unpaired) electrons. The molecule has 12 nitrogen and oxygen atoms in total. The van der Waals surface area contributed by atoms with E-state index in [1.165, 1.54) is 83.5 Å². The maximum atomic E-state index is 12.8. The normalized spacial score (nSPS) is 23.0. The Hall–Kier alpha value is -1.16. The van der Waals surface area contributed by atoms with Gasteiger partial charge in [0.25, 0.3) is 0 Å². The number of aliphatic hydroxyl groups is 4. The average Bonchev–Trinajstić information content (AvgIpc) is 3.04. The largest absolute Gasteiger partial charge is 0.397 e. The van der Waals surface area contributed by atoms with E-state index in [9.17, 15) is 33.6 Å². The maximum Gasteiger partial charge on any atom is 0.397 e. The van der Waals surface area contributed by atoms with E-state index in [2.05, 4.69) is 23.3 Å². The van der Waals surface area contributed by atoms with Crippen LogP contribution in [-0.4, -0.2) is 95.4 Å². The molecule has 1 amide bonds. The summed E-state index contributed by atoms with van der Waals surface area (Å²) in [6, 6.07) is -0.934. The number of carbonyl (C=O) groups excluding carboxylic acids is 1. The molecule has 0 bridgehead atoms. The molecule has 0 unspecified atom stereocenters. The van der Waals surface area contributed by atoms with Crippen molar-refractivity contribution in [3.63, 3.8) is 0 Å². The molecule has 1 saturated heterocycles. The van der Waals surface area contributed by atoms with Crippen molar-refractivity contribution in [2.45, 2.75) is 192 Å². The predicted octanol–water partition coefficient (Wildman–Crippen LogP) is 5.26. The topological polar surface area (TPSA) is 192 Å². The highest BCUT2D eigenvalue weighted by Gasteiger charge is 2.48. The quantitative estimate of drug-likeness (QED) is 0.0324. The minimum atomic E-state index is -5.07. The summed E-state index contributed by atoms with van der Waals surface area (Å²) in [5.74, 6) is -0.268. The summed E-state index contributed by atoms with van der Waals surface area (Å²) >= 11 is 0. The van der Waals surface area contributed by atoms with E-state index in [0.717, 1.165) is 38.5 Å². The lowest BCUT2D eigenvalue weighted by Crippen LogP contribution is -2.61. The highest BCUT2D eigenvalue weighted by atomic mass is 32.3. The summed E-state index contributed by atoms with van der Waals surface area (Å²) in [5.41, 5.74) is 0. The van der Waals surface area contributed by atoms with Gasteiger partial charge in [0, 0.05) is 6.42 Å². The molecule has 7 atom stereocenters. The number of aliphatic hydroxyl groups excluding tert-OH is 4. The van der Waals surface area contributed by atoms with E-state index in [0.29, 0.717) is 6.42 Å². The van der Waals surface area contributed by atoms with E-state index in [-0.39, 0.29) is 18.9 Å². The van der Waals surface area contributed by atoms with Crippen LogP contribution >= 0.6 is 0 Å². The number of hydrogen-bond donors (Lipinski definition) is 6. The lowest BCUT2D eigenvalue weighted by molar-refractivity contribution is -0.298. The second kappa shape index (κ2) is 27.5. The van der Waals surface area contributed by atoms with Crippen molar-refractivity contribution in [3.8, 4) is 0 Å². The number of hydrogen-bond acceptors (Lipinski definition) is 10. The van der Waals surface area contributed by atoms with Gasteiger partial charge >= 0.3 is 10.4 Å². The van der Waals surface area contributed by atoms with Crippen molar-refractivity contribution >= 4 is 16.3 Å².